The van der Waals surface area contributed by atoms with Crippen LogP contribution in [-0.2, 0) is 4.74 Å². The summed E-state index contributed by atoms with van der Waals surface area (Å²) in [4.78, 5) is 12.2. The number of carbonyl (C=O) groups is 1. The molecule has 1 saturated heterocycles. The summed E-state index contributed by atoms with van der Waals surface area (Å²) in [6.45, 7) is 1.25. The lowest BCUT2D eigenvalue weighted by Gasteiger charge is -2.36. The highest BCUT2D eigenvalue weighted by molar-refractivity contribution is 9.10. The summed E-state index contributed by atoms with van der Waals surface area (Å²) in [6, 6.07) is 4.37. The minimum Gasteiger partial charge on any atom is -0.381 e. The summed E-state index contributed by atoms with van der Waals surface area (Å²) in [5.74, 6) is -0.694. The molecule has 0 spiro atoms. The van der Waals surface area contributed by atoms with Crippen molar-refractivity contribution in [3.05, 3.63) is 34.1 Å². The molecule has 1 aromatic rings. The maximum atomic E-state index is 13.4. The molecular formula is C13H14Br2FNO2. The summed E-state index contributed by atoms with van der Waals surface area (Å²) >= 11 is 6.51. The highest BCUT2D eigenvalue weighted by atomic mass is 79.9. The Morgan fingerprint density at radius 3 is 2.68 bits per heavy atom. The van der Waals surface area contributed by atoms with Crippen molar-refractivity contribution in [1.29, 1.82) is 0 Å². The predicted molar refractivity (Wildman–Crippen MR) is 78.1 cm³/mol. The summed E-state index contributed by atoms with van der Waals surface area (Å²) in [7, 11) is 0. The molecule has 19 heavy (non-hydrogen) atoms. The Balaban J connectivity index is 2.12. The first kappa shape index (κ1) is 14.9. The first-order valence-corrected chi connectivity index (χ1v) is 7.89. The van der Waals surface area contributed by atoms with Crippen LogP contribution in [0.4, 0.5) is 4.39 Å². The highest BCUT2D eigenvalue weighted by Crippen LogP contribution is 2.24. The van der Waals surface area contributed by atoms with Gasteiger partial charge in [-0.25, -0.2) is 4.39 Å². The Labute approximate surface area is 128 Å². The van der Waals surface area contributed by atoms with Crippen molar-refractivity contribution >= 4 is 37.8 Å². The molecule has 1 aliphatic heterocycles. The lowest BCUT2D eigenvalue weighted by Crippen LogP contribution is -2.53. The molecule has 1 fully saturated rings. The molecule has 1 N–H and O–H groups in total. The Kier molecular flexibility index (Phi) is 4.97. The number of hydrogen-bond acceptors (Lipinski definition) is 2. The maximum Gasteiger partial charge on any atom is 0.251 e. The Hall–Kier alpha value is -0.460. The molecule has 3 nitrogen and oxygen atoms in total. The molecule has 6 heteroatoms. The van der Waals surface area contributed by atoms with Crippen LogP contribution in [0, 0.1) is 5.82 Å². The Bertz CT molecular complexity index is 476. The highest BCUT2D eigenvalue weighted by Gasteiger charge is 2.33. The smallest absolute Gasteiger partial charge is 0.251 e. The van der Waals surface area contributed by atoms with Gasteiger partial charge >= 0.3 is 0 Å². The third-order valence-electron chi connectivity index (χ3n) is 3.27. The van der Waals surface area contributed by atoms with Crippen molar-refractivity contribution in [2.24, 2.45) is 0 Å². The van der Waals surface area contributed by atoms with Crippen LogP contribution in [0.5, 0.6) is 0 Å². The van der Waals surface area contributed by atoms with E-state index in [1.807, 2.05) is 0 Å². The van der Waals surface area contributed by atoms with Crippen LogP contribution in [0.3, 0.4) is 0 Å². The molecule has 0 unspecified atom stereocenters. The minimum atomic E-state index is -0.437. The van der Waals surface area contributed by atoms with Crippen molar-refractivity contribution in [3.63, 3.8) is 0 Å². The van der Waals surface area contributed by atoms with Gasteiger partial charge in [-0.3, -0.25) is 4.79 Å². The largest absolute Gasteiger partial charge is 0.381 e. The van der Waals surface area contributed by atoms with Gasteiger partial charge in [0.15, 0.2) is 0 Å². The van der Waals surface area contributed by atoms with E-state index in [2.05, 4.69) is 37.2 Å². The third kappa shape index (κ3) is 3.55. The van der Waals surface area contributed by atoms with Gasteiger partial charge in [-0.2, -0.15) is 0 Å². The molecule has 0 saturated carbocycles. The lowest BCUT2D eigenvalue weighted by atomic mass is 9.92. The summed E-state index contributed by atoms with van der Waals surface area (Å²) in [5.41, 5.74) is 0.0197. The number of carbonyl (C=O) groups excluding carboxylic acids is 1. The maximum absolute atomic E-state index is 13.4. The standard InChI is InChI=1S/C13H14Br2FNO2/c14-8-13(3-5-19-6-4-13)17-12(18)9-1-2-10(15)11(16)7-9/h1-2,7H,3-6,8H2,(H,17,18). The van der Waals surface area contributed by atoms with Crippen LogP contribution in [0.25, 0.3) is 0 Å². The van der Waals surface area contributed by atoms with E-state index in [0.29, 0.717) is 28.6 Å². The fraction of sp³-hybridized carbons (Fsp3) is 0.462. The molecular weight excluding hydrogens is 381 g/mol. The number of nitrogens with one attached hydrogen (secondary N) is 1. The molecule has 0 atom stereocenters. The molecule has 0 aliphatic carbocycles. The summed E-state index contributed by atoms with van der Waals surface area (Å²) < 4.78 is 19.1. The Morgan fingerprint density at radius 2 is 2.11 bits per heavy atom. The van der Waals surface area contributed by atoms with E-state index >= 15 is 0 Å². The zero-order valence-electron chi connectivity index (χ0n) is 10.2. The monoisotopic (exact) mass is 393 g/mol. The van der Waals surface area contributed by atoms with Gasteiger partial charge in [-0.05, 0) is 47.0 Å². The second kappa shape index (κ2) is 6.33. The van der Waals surface area contributed by atoms with E-state index in [-0.39, 0.29) is 11.4 Å². The quantitative estimate of drug-likeness (QED) is 0.799. The normalized spacial score (nSPS) is 18.1. The molecule has 104 valence electrons. The zero-order valence-corrected chi connectivity index (χ0v) is 13.4. The van der Waals surface area contributed by atoms with Crippen molar-refractivity contribution in [1.82, 2.24) is 5.32 Å². The minimum absolute atomic E-state index is 0.257. The van der Waals surface area contributed by atoms with E-state index in [1.54, 1.807) is 6.07 Å². The van der Waals surface area contributed by atoms with E-state index in [9.17, 15) is 9.18 Å². The van der Waals surface area contributed by atoms with Gasteiger partial charge < -0.3 is 10.1 Å². The van der Waals surface area contributed by atoms with E-state index in [0.717, 1.165) is 12.8 Å². The topological polar surface area (TPSA) is 38.3 Å². The van der Waals surface area contributed by atoms with E-state index < -0.39 is 5.82 Å². The van der Waals surface area contributed by atoms with Crippen molar-refractivity contribution in [2.45, 2.75) is 18.4 Å². The van der Waals surface area contributed by atoms with Crippen LogP contribution in [0.2, 0.25) is 0 Å². The fourth-order valence-electron chi connectivity index (χ4n) is 2.00. The average molecular weight is 395 g/mol. The molecule has 2 rings (SSSR count). The molecule has 0 bridgehead atoms. The van der Waals surface area contributed by atoms with Crippen LogP contribution >= 0.6 is 31.9 Å². The van der Waals surface area contributed by atoms with Gasteiger partial charge in [0.25, 0.3) is 5.91 Å². The molecule has 0 radical (unpaired) electrons. The number of amides is 1. The fourth-order valence-corrected chi connectivity index (χ4v) is 2.95. The summed E-state index contributed by atoms with van der Waals surface area (Å²) in [5, 5.41) is 3.66. The second-order valence-corrected chi connectivity index (χ2v) is 6.02. The number of hydrogen-bond donors (Lipinski definition) is 1. The molecule has 0 aromatic heterocycles. The van der Waals surface area contributed by atoms with E-state index in [4.69, 9.17) is 4.74 Å². The van der Waals surface area contributed by atoms with Crippen LogP contribution in [0.15, 0.2) is 22.7 Å². The Morgan fingerprint density at radius 1 is 1.42 bits per heavy atom. The van der Waals surface area contributed by atoms with Crippen LogP contribution in [0.1, 0.15) is 23.2 Å². The van der Waals surface area contributed by atoms with E-state index in [1.165, 1.54) is 12.1 Å². The van der Waals surface area contributed by atoms with Crippen molar-refractivity contribution < 1.29 is 13.9 Å². The lowest BCUT2D eigenvalue weighted by molar-refractivity contribution is 0.0441. The average Bonchev–Trinajstić information content (AvgIpc) is 2.43. The van der Waals surface area contributed by atoms with Gasteiger partial charge in [0.2, 0.25) is 0 Å². The molecule has 1 aliphatic rings. The number of benzene rings is 1. The predicted octanol–water partition coefficient (Wildman–Crippen LogP) is 3.26. The number of halogens is 3. The number of rotatable bonds is 3. The van der Waals surface area contributed by atoms with Gasteiger partial charge in [-0.1, -0.05) is 15.9 Å². The van der Waals surface area contributed by atoms with Gasteiger partial charge in [-0.15, -0.1) is 0 Å². The van der Waals surface area contributed by atoms with Crippen molar-refractivity contribution in [3.8, 4) is 0 Å². The zero-order chi connectivity index (χ0) is 13.9. The van der Waals surface area contributed by atoms with Gasteiger partial charge in [0.1, 0.15) is 5.82 Å². The summed E-state index contributed by atoms with van der Waals surface area (Å²) in [6.07, 6.45) is 1.51. The molecule has 1 heterocycles. The number of ether oxygens (including phenoxy) is 1. The second-order valence-electron chi connectivity index (χ2n) is 4.61. The van der Waals surface area contributed by atoms with Gasteiger partial charge in [0.05, 0.1) is 10.0 Å². The molecule has 1 aromatic carbocycles. The first-order chi connectivity index (χ1) is 9.06. The molecule has 1 amide bonds. The third-order valence-corrected chi connectivity index (χ3v) is 4.98. The number of alkyl halides is 1. The first-order valence-electron chi connectivity index (χ1n) is 5.98. The van der Waals surface area contributed by atoms with Crippen molar-refractivity contribution in [2.75, 3.05) is 18.5 Å². The SMILES string of the molecule is O=C(NC1(CBr)CCOCC1)c1ccc(Br)c(F)c1. The van der Waals surface area contributed by atoms with Gasteiger partial charge in [0, 0.05) is 24.1 Å². The van der Waals surface area contributed by atoms with Crippen LogP contribution in [-0.4, -0.2) is 30.0 Å². The van der Waals surface area contributed by atoms with Crippen LogP contribution < -0.4 is 5.32 Å².